The highest BCUT2D eigenvalue weighted by Crippen LogP contribution is 2.25. The van der Waals surface area contributed by atoms with Crippen LogP contribution in [0, 0.1) is 6.92 Å². The summed E-state index contributed by atoms with van der Waals surface area (Å²) in [5.74, 6) is 0.218. The molecule has 2 aromatic heterocycles. The minimum Gasteiger partial charge on any atom is -0.383 e. The van der Waals surface area contributed by atoms with Crippen LogP contribution in [0.5, 0.6) is 0 Å². The van der Waals surface area contributed by atoms with E-state index in [2.05, 4.69) is 25.3 Å². The molecule has 4 aromatic rings. The Morgan fingerprint density at radius 2 is 1.58 bits per heavy atom. The Bertz CT molecular complexity index is 1250. The molecular weight excluding hydrogens is 412 g/mol. The molecule has 0 bridgehead atoms. The second kappa shape index (κ2) is 9.82. The summed E-state index contributed by atoms with van der Waals surface area (Å²) in [4.78, 5) is 29.7. The molecule has 33 heavy (non-hydrogen) atoms. The number of anilines is 1. The molecule has 2 aromatic carbocycles. The number of nitrogens with one attached hydrogen (secondary N) is 1. The van der Waals surface area contributed by atoms with Crippen LogP contribution in [0.4, 0.5) is 5.82 Å². The van der Waals surface area contributed by atoms with Crippen LogP contribution in [-0.2, 0) is 0 Å². The molecule has 0 saturated heterocycles. The summed E-state index contributed by atoms with van der Waals surface area (Å²) in [6, 6.07) is 20.8. The van der Waals surface area contributed by atoms with Crippen LogP contribution in [0.25, 0.3) is 0 Å². The van der Waals surface area contributed by atoms with Crippen molar-refractivity contribution in [1.29, 1.82) is 0 Å². The fraction of sp³-hybridized carbons (Fsp3) is 0.115. The van der Waals surface area contributed by atoms with Crippen LogP contribution >= 0.6 is 0 Å². The van der Waals surface area contributed by atoms with Gasteiger partial charge in [-0.3, -0.25) is 14.8 Å². The molecule has 7 nitrogen and oxygen atoms in total. The Kier molecular flexibility index (Phi) is 6.50. The van der Waals surface area contributed by atoms with E-state index in [4.69, 9.17) is 5.73 Å². The molecule has 0 aliphatic heterocycles. The Balaban J connectivity index is 1.68. The summed E-state index contributed by atoms with van der Waals surface area (Å²) in [5, 5.41) is 3.14. The summed E-state index contributed by atoms with van der Waals surface area (Å²) >= 11 is 0. The van der Waals surface area contributed by atoms with Crippen molar-refractivity contribution in [3.63, 3.8) is 0 Å². The lowest BCUT2D eigenvalue weighted by molar-refractivity contribution is 0.0943. The number of amides is 1. The summed E-state index contributed by atoms with van der Waals surface area (Å²) in [5.41, 5.74) is 11.7. The maximum atomic E-state index is 12.9. The molecular formula is C26H24N6O. The Morgan fingerprint density at radius 1 is 0.909 bits per heavy atom. The van der Waals surface area contributed by atoms with E-state index in [1.807, 2.05) is 61.5 Å². The van der Waals surface area contributed by atoms with Gasteiger partial charge in [-0.1, -0.05) is 54.6 Å². The number of aliphatic imine (C=N–C) groups is 1. The van der Waals surface area contributed by atoms with E-state index in [0.29, 0.717) is 17.1 Å². The molecule has 3 N–H and O–H groups in total. The number of aryl methyl sites for hydroxylation is 1. The van der Waals surface area contributed by atoms with Crippen molar-refractivity contribution in [2.24, 2.45) is 4.99 Å². The van der Waals surface area contributed by atoms with Crippen LogP contribution in [0.15, 0.2) is 90.4 Å². The quantitative estimate of drug-likeness (QED) is 0.448. The molecule has 164 valence electrons. The number of nitrogens with two attached hydrogens (primary N) is 1. The lowest BCUT2D eigenvalue weighted by Gasteiger charge is -2.20. The van der Waals surface area contributed by atoms with Gasteiger partial charge in [-0.05, 0) is 30.2 Å². The van der Waals surface area contributed by atoms with Gasteiger partial charge in [0.15, 0.2) is 0 Å². The van der Waals surface area contributed by atoms with Gasteiger partial charge in [-0.25, -0.2) is 9.97 Å². The van der Waals surface area contributed by atoms with Crippen LogP contribution in [0.2, 0.25) is 0 Å². The third kappa shape index (κ3) is 4.77. The largest absolute Gasteiger partial charge is 0.383 e. The zero-order valence-corrected chi connectivity index (χ0v) is 18.4. The number of nitrogens with zero attached hydrogens (tertiary/aromatic N) is 4. The number of carbonyl (C=O) groups excluding carboxylic acids is 1. The molecule has 7 heteroatoms. The van der Waals surface area contributed by atoms with Gasteiger partial charge in [0.2, 0.25) is 0 Å². The maximum absolute atomic E-state index is 12.9. The second-order valence-electron chi connectivity index (χ2n) is 7.47. The Labute approximate surface area is 192 Å². The Hall–Kier alpha value is -4.39. The number of hydrogen-bond donors (Lipinski definition) is 2. The molecule has 0 radical (unpaired) electrons. The third-order valence-corrected chi connectivity index (χ3v) is 5.39. The fourth-order valence-electron chi connectivity index (χ4n) is 3.73. The highest BCUT2D eigenvalue weighted by atomic mass is 16.1. The average Bonchev–Trinajstić information content (AvgIpc) is 2.86. The van der Waals surface area contributed by atoms with Gasteiger partial charge in [-0.15, -0.1) is 0 Å². The number of pyridine rings is 1. The van der Waals surface area contributed by atoms with Crippen molar-refractivity contribution in [2.75, 3.05) is 12.8 Å². The van der Waals surface area contributed by atoms with Crippen LogP contribution in [0.1, 0.15) is 44.3 Å². The number of hydrogen-bond acceptors (Lipinski definition) is 6. The van der Waals surface area contributed by atoms with Crippen LogP contribution < -0.4 is 11.1 Å². The minimum atomic E-state index is -0.324. The minimum absolute atomic E-state index is 0.170. The topological polar surface area (TPSA) is 106 Å². The predicted molar refractivity (Wildman–Crippen MR) is 129 cm³/mol. The number of benzene rings is 2. The van der Waals surface area contributed by atoms with E-state index in [0.717, 1.165) is 27.9 Å². The first-order valence-electron chi connectivity index (χ1n) is 10.5. The maximum Gasteiger partial charge on any atom is 0.252 e. The third-order valence-electron chi connectivity index (χ3n) is 5.39. The van der Waals surface area contributed by atoms with E-state index >= 15 is 0 Å². The zero-order valence-electron chi connectivity index (χ0n) is 18.4. The molecule has 1 amide bonds. The number of nitrogen functional groups attached to an aromatic ring is 1. The van der Waals surface area contributed by atoms with E-state index in [1.165, 1.54) is 6.33 Å². The average molecular weight is 437 g/mol. The van der Waals surface area contributed by atoms with Crippen molar-refractivity contribution < 1.29 is 4.79 Å². The van der Waals surface area contributed by atoms with E-state index in [9.17, 15) is 4.79 Å². The van der Waals surface area contributed by atoms with Gasteiger partial charge in [-0.2, -0.15) is 0 Å². The first kappa shape index (κ1) is 21.8. The first-order chi connectivity index (χ1) is 16.1. The lowest BCUT2D eigenvalue weighted by atomic mass is 9.95. The van der Waals surface area contributed by atoms with Crippen molar-refractivity contribution >= 4 is 17.4 Å². The molecule has 0 aliphatic rings. The zero-order chi connectivity index (χ0) is 23.2. The summed E-state index contributed by atoms with van der Waals surface area (Å²) in [6.45, 7) is 1.88. The molecule has 4 rings (SSSR count). The smallest absolute Gasteiger partial charge is 0.252 e. The molecule has 0 aliphatic carbocycles. The normalized spacial score (nSPS) is 12.2. The highest BCUT2D eigenvalue weighted by Gasteiger charge is 2.19. The van der Waals surface area contributed by atoms with Crippen LogP contribution in [-0.4, -0.2) is 33.6 Å². The van der Waals surface area contributed by atoms with Gasteiger partial charge in [0.05, 0.1) is 23.0 Å². The first-order valence-corrected chi connectivity index (χ1v) is 10.5. The standard InChI is InChI=1S/C26H24N6O/c1-17-22(25(27)31-16-30-17)24(28-2)20-10-8-19(9-11-20)23(18-6-4-3-5-7-18)32-26(33)21-12-14-29-15-13-21/h3-16,23H,1-2H3,(H,32,33)(H2,27,30,31). The number of carbonyl (C=O) groups is 1. The van der Waals surface area contributed by atoms with Crippen molar-refractivity contribution in [1.82, 2.24) is 20.3 Å². The number of rotatable bonds is 6. The van der Waals surface area contributed by atoms with Gasteiger partial charge >= 0.3 is 0 Å². The van der Waals surface area contributed by atoms with Gasteiger partial charge in [0, 0.05) is 30.6 Å². The van der Waals surface area contributed by atoms with Crippen molar-refractivity contribution in [3.05, 3.63) is 119 Å². The van der Waals surface area contributed by atoms with Crippen molar-refractivity contribution in [3.8, 4) is 0 Å². The van der Waals surface area contributed by atoms with Crippen LogP contribution in [0.3, 0.4) is 0 Å². The van der Waals surface area contributed by atoms with E-state index < -0.39 is 0 Å². The molecule has 2 heterocycles. The van der Waals surface area contributed by atoms with Crippen molar-refractivity contribution in [2.45, 2.75) is 13.0 Å². The number of aromatic nitrogens is 3. The fourth-order valence-corrected chi connectivity index (χ4v) is 3.73. The molecule has 0 spiro atoms. The van der Waals surface area contributed by atoms with Gasteiger partial charge in [0.1, 0.15) is 12.1 Å². The predicted octanol–water partition coefficient (Wildman–Crippen LogP) is 3.75. The molecule has 1 unspecified atom stereocenters. The molecule has 1 atom stereocenters. The summed E-state index contributed by atoms with van der Waals surface area (Å²) < 4.78 is 0. The Morgan fingerprint density at radius 3 is 2.21 bits per heavy atom. The SMILES string of the molecule is CN=C(c1ccc(C(NC(=O)c2ccncc2)c2ccccc2)cc1)c1c(C)ncnc1N. The van der Waals surface area contributed by atoms with E-state index in [-0.39, 0.29) is 11.9 Å². The molecule has 0 fully saturated rings. The lowest BCUT2D eigenvalue weighted by Crippen LogP contribution is -2.29. The summed E-state index contributed by atoms with van der Waals surface area (Å²) in [7, 11) is 1.72. The monoisotopic (exact) mass is 436 g/mol. The molecule has 0 saturated carbocycles. The van der Waals surface area contributed by atoms with E-state index in [1.54, 1.807) is 31.6 Å². The highest BCUT2D eigenvalue weighted by molar-refractivity contribution is 6.15. The second-order valence-corrected chi connectivity index (χ2v) is 7.47. The summed E-state index contributed by atoms with van der Waals surface area (Å²) in [6.07, 6.45) is 4.65. The van der Waals surface area contributed by atoms with Gasteiger partial charge < -0.3 is 11.1 Å². The van der Waals surface area contributed by atoms with Gasteiger partial charge in [0.25, 0.3) is 5.91 Å².